The van der Waals surface area contributed by atoms with Crippen LogP contribution >= 0.6 is 0 Å². The van der Waals surface area contributed by atoms with Gasteiger partial charge in [0.2, 0.25) is 5.79 Å². The minimum atomic E-state index is -1.49. The molecule has 1 aliphatic rings. The molecule has 1 N–H and O–H groups in total. The number of aliphatic imine (C=N–C) groups is 1. The number of hydrogen-bond acceptors (Lipinski definition) is 3. The summed E-state index contributed by atoms with van der Waals surface area (Å²) in [6.45, 7) is 4.07. The number of nitrogens with zero attached hydrogens (tertiary/aromatic N) is 1. The third kappa shape index (κ3) is 2.50. The van der Waals surface area contributed by atoms with Crippen LogP contribution in [0, 0.1) is 5.92 Å². The molecule has 0 bridgehead atoms. The summed E-state index contributed by atoms with van der Waals surface area (Å²) in [6.07, 6.45) is -0.342. The van der Waals surface area contributed by atoms with Crippen LogP contribution in [0.15, 0.2) is 65.7 Å². The molecule has 0 saturated heterocycles. The Balaban J connectivity index is 2.09. The van der Waals surface area contributed by atoms with Gasteiger partial charge in [-0.15, -0.1) is 0 Å². The topological polar surface area (TPSA) is 41.8 Å². The number of rotatable bonds is 3. The molecule has 1 heterocycles. The van der Waals surface area contributed by atoms with Gasteiger partial charge in [0.25, 0.3) is 0 Å². The van der Waals surface area contributed by atoms with E-state index in [-0.39, 0.29) is 12.1 Å². The largest absolute Gasteiger partial charge is 0.357 e. The first-order chi connectivity index (χ1) is 10.1. The SMILES string of the molecule is CC(C)[C@H]1N=C(c2ccccc2)[C@](O)(c2ccccc2)O1. The molecular weight excluding hydrogens is 262 g/mol. The highest BCUT2D eigenvalue weighted by molar-refractivity contribution is 6.06. The maximum Gasteiger partial charge on any atom is 0.239 e. The summed E-state index contributed by atoms with van der Waals surface area (Å²) in [5.74, 6) is -1.29. The molecule has 0 fully saturated rings. The molecule has 2 aromatic rings. The number of ether oxygens (including phenoxy) is 1. The van der Waals surface area contributed by atoms with Crippen molar-refractivity contribution in [3.8, 4) is 0 Å². The lowest BCUT2D eigenvalue weighted by Gasteiger charge is -2.26. The summed E-state index contributed by atoms with van der Waals surface area (Å²) in [5, 5.41) is 11.1. The fourth-order valence-electron chi connectivity index (χ4n) is 2.49. The molecule has 0 spiro atoms. The molecule has 3 rings (SSSR count). The quantitative estimate of drug-likeness (QED) is 0.937. The van der Waals surface area contributed by atoms with Crippen LogP contribution in [0.3, 0.4) is 0 Å². The van der Waals surface area contributed by atoms with Crippen molar-refractivity contribution in [1.82, 2.24) is 0 Å². The van der Waals surface area contributed by atoms with E-state index in [1.165, 1.54) is 0 Å². The van der Waals surface area contributed by atoms with Gasteiger partial charge in [0.1, 0.15) is 5.71 Å². The normalized spacial score (nSPS) is 25.1. The Hall–Kier alpha value is -1.97. The number of benzene rings is 2. The van der Waals surface area contributed by atoms with Crippen LogP contribution in [0.5, 0.6) is 0 Å². The molecule has 21 heavy (non-hydrogen) atoms. The van der Waals surface area contributed by atoms with E-state index in [4.69, 9.17) is 4.74 Å². The van der Waals surface area contributed by atoms with Crippen LogP contribution in [0.25, 0.3) is 0 Å². The summed E-state index contributed by atoms with van der Waals surface area (Å²) in [4.78, 5) is 4.63. The summed E-state index contributed by atoms with van der Waals surface area (Å²) < 4.78 is 5.92. The molecule has 2 atom stereocenters. The van der Waals surface area contributed by atoms with E-state index in [1.54, 1.807) is 0 Å². The average molecular weight is 281 g/mol. The minimum absolute atomic E-state index is 0.196. The zero-order valence-electron chi connectivity index (χ0n) is 12.2. The van der Waals surface area contributed by atoms with E-state index >= 15 is 0 Å². The van der Waals surface area contributed by atoms with Crippen molar-refractivity contribution < 1.29 is 9.84 Å². The second-order valence-corrected chi connectivity index (χ2v) is 5.61. The van der Waals surface area contributed by atoms with Crippen molar-refractivity contribution in [1.29, 1.82) is 0 Å². The van der Waals surface area contributed by atoms with Crippen molar-refractivity contribution in [3.63, 3.8) is 0 Å². The maximum absolute atomic E-state index is 11.1. The van der Waals surface area contributed by atoms with E-state index in [2.05, 4.69) is 4.99 Å². The van der Waals surface area contributed by atoms with Gasteiger partial charge in [-0.1, -0.05) is 74.5 Å². The monoisotopic (exact) mass is 281 g/mol. The van der Waals surface area contributed by atoms with Gasteiger partial charge in [-0.05, 0) is 0 Å². The van der Waals surface area contributed by atoms with Crippen molar-refractivity contribution in [3.05, 3.63) is 71.8 Å². The van der Waals surface area contributed by atoms with E-state index in [0.29, 0.717) is 11.3 Å². The molecule has 3 heteroatoms. The Labute approximate surface area is 124 Å². The molecule has 2 aromatic carbocycles. The van der Waals surface area contributed by atoms with Crippen molar-refractivity contribution >= 4 is 5.71 Å². The lowest BCUT2D eigenvalue weighted by atomic mass is 9.96. The number of hydrogen-bond donors (Lipinski definition) is 1. The second-order valence-electron chi connectivity index (χ2n) is 5.61. The Morgan fingerprint density at radius 3 is 2.14 bits per heavy atom. The standard InChI is InChI=1S/C18H19NO2/c1-13(2)17-19-16(14-9-5-3-6-10-14)18(20,21-17)15-11-7-4-8-12-15/h3-13,17,20H,1-2H3/t17-,18-/m0/s1. The zero-order valence-corrected chi connectivity index (χ0v) is 12.2. The zero-order chi connectivity index (χ0) is 14.9. The van der Waals surface area contributed by atoms with Crippen LogP contribution in [-0.4, -0.2) is 17.0 Å². The summed E-state index contributed by atoms with van der Waals surface area (Å²) in [6, 6.07) is 19.1. The minimum Gasteiger partial charge on any atom is -0.357 e. The van der Waals surface area contributed by atoms with Gasteiger partial charge in [0.15, 0.2) is 6.23 Å². The highest BCUT2D eigenvalue weighted by atomic mass is 16.6. The highest BCUT2D eigenvalue weighted by Gasteiger charge is 2.45. The lowest BCUT2D eigenvalue weighted by molar-refractivity contribution is -0.179. The summed E-state index contributed by atoms with van der Waals surface area (Å²) in [5.41, 5.74) is 2.16. The maximum atomic E-state index is 11.1. The third-order valence-corrected chi connectivity index (χ3v) is 3.65. The summed E-state index contributed by atoms with van der Waals surface area (Å²) in [7, 11) is 0. The molecule has 0 radical (unpaired) electrons. The predicted molar refractivity (Wildman–Crippen MR) is 83.0 cm³/mol. The summed E-state index contributed by atoms with van der Waals surface area (Å²) >= 11 is 0. The second kappa shape index (κ2) is 5.43. The molecule has 3 nitrogen and oxygen atoms in total. The molecule has 0 unspecified atom stereocenters. The fraction of sp³-hybridized carbons (Fsp3) is 0.278. The van der Waals surface area contributed by atoms with Gasteiger partial charge in [-0.3, -0.25) is 4.99 Å². The predicted octanol–water partition coefficient (Wildman–Crippen LogP) is 3.33. The van der Waals surface area contributed by atoms with E-state index in [9.17, 15) is 5.11 Å². The van der Waals surface area contributed by atoms with Gasteiger partial charge >= 0.3 is 0 Å². The van der Waals surface area contributed by atoms with Gasteiger partial charge in [0.05, 0.1) is 0 Å². The molecule has 1 aliphatic heterocycles. The Kier molecular flexibility index (Phi) is 3.62. The van der Waals surface area contributed by atoms with Crippen molar-refractivity contribution in [2.75, 3.05) is 0 Å². The van der Waals surface area contributed by atoms with E-state index in [0.717, 1.165) is 5.56 Å². The van der Waals surface area contributed by atoms with Gasteiger partial charge in [0, 0.05) is 17.0 Å². The van der Waals surface area contributed by atoms with Gasteiger partial charge < -0.3 is 9.84 Å². The first kappa shape index (κ1) is 14.0. The van der Waals surface area contributed by atoms with E-state index in [1.807, 2.05) is 74.5 Å². The Bertz CT molecular complexity index is 637. The number of aliphatic hydroxyl groups is 1. The molecular formula is C18H19NO2. The van der Waals surface area contributed by atoms with Crippen LogP contribution in [-0.2, 0) is 10.5 Å². The van der Waals surface area contributed by atoms with E-state index < -0.39 is 5.79 Å². The third-order valence-electron chi connectivity index (χ3n) is 3.65. The smallest absolute Gasteiger partial charge is 0.239 e. The molecule has 0 aromatic heterocycles. The average Bonchev–Trinajstić information content (AvgIpc) is 2.89. The first-order valence-electron chi connectivity index (χ1n) is 7.20. The van der Waals surface area contributed by atoms with Gasteiger partial charge in [-0.2, -0.15) is 0 Å². The van der Waals surface area contributed by atoms with Crippen molar-refractivity contribution in [2.24, 2.45) is 10.9 Å². The molecule has 0 aliphatic carbocycles. The lowest BCUT2D eigenvalue weighted by Crippen LogP contribution is -2.36. The highest BCUT2D eigenvalue weighted by Crippen LogP contribution is 2.36. The van der Waals surface area contributed by atoms with Crippen LogP contribution < -0.4 is 0 Å². The van der Waals surface area contributed by atoms with Crippen LogP contribution in [0.2, 0.25) is 0 Å². The van der Waals surface area contributed by atoms with Crippen LogP contribution in [0.4, 0.5) is 0 Å². The Morgan fingerprint density at radius 1 is 1.00 bits per heavy atom. The first-order valence-corrected chi connectivity index (χ1v) is 7.20. The molecule has 108 valence electrons. The Morgan fingerprint density at radius 2 is 1.57 bits per heavy atom. The fourth-order valence-corrected chi connectivity index (χ4v) is 2.49. The van der Waals surface area contributed by atoms with Crippen LogP contribution in [0.1, 0.15) is 25.0 Å². The van der Waals surface area contributed by atoms with Crippen molar-refractivity contribution in [2.45, 2.75) is 25.9 Å². The molecule has 0 amide bonds. The molecule has 0 saturated carbocycles. The van der Waals surface area contributed by atoms with Gasteiger partial charge in [-0.25, -0.2) is 0 Å².